The van der Waals surface area contributed by atoms with Gasteiger partial charge in [0.2, 0.25) is 0 Å². The van der Waals surface area contributed by atoms with E-state index in [0.717, 1.165) is 10.0 Å². The van der Waals surface area contributed by atoms with E-state index in [2.05, 4.69) is 36.6 Å². The lowest BCUT2D eigenvalue weighted by Gasteiger charge is -2.14. The lowest BCUT2D eigenvalue weighted by atomic mass is 10.1. The Hall–Kier alpha value is -1.99. The Kier molecular flexibility index (Phi) is 4.65. The van der Waals surface area contributed by atoms with Crippen molar-refractivity contribution in [1.29, 1.82) is 0 Å². The summed E-state index contributed by atoms with van der Waals surface area (Å²) in [6.45, 7) is 1.91. The Morgan fingerprint density at radius 1 is 1.25 bits per heavy atom. The van der Waals surface area contributed by atoms with Crippen LogP contribution in [0.15, 0.2) is 41.1 Å². The van der Waals surface area contributed by atoms with Gasteiger partial charge in [-0.1, -0.05) is 28.1 Å². The fraction of sp³-hybridized carbons (Fsp3) is 0.154. The minimum atomic E-state index is -0.281. The molecule has 104 valence electrons. The third-order valence-corrected chi connectivity index (χ3v) is 3.28. The van der Waals surface area contributed by atoms with Crippen LogP contribution in [0.5, 0.6) is 0 Å². The summed E-state index contributed by atoms with van der Waals surface area (Å²) in [4.78, 5) is 20.0. The van der Waals surface area contributed by atoms with Gasteiger partial charge < -0.3 is 10.7 Å². The van der Waals surface area contributed by atoms with Crippen LogP contribution in [0.4, 0.5) is 5.82 Å². The molecule has 1 amide bonds. The molecule has 0 aliphatic rings. The number of halogens is 1. The van der Waals surface area contributed by atoms with Crippen LogP contribution < -0.4 is 16.6 Å². The summed E-state index contributed by atoms with van der Waals surface area (Å²) in [5.74, 6) is 5.31. The molecule has 0 spiro atoms. The second-order valence-corrected chi connectivity index (χ2v) is 5.09. The monoisotopic (exact) mass is 335 g/mol. The second kappa shape index (κ2) is 6.44. The third kappa shape index (κ3) is 3.52. The third-order valence-electron chi connectivity index (χ3n) is 2.75. The molecule has 7 heteroatoms. The van der Waals surface area contributed by atoms with Gasteiger partial charge in [0.05, 0.1) is 18.4 Å². The molecule has 4 N–H and O–H groups in total. The maximum absolute atomic E-state index is 12.0. The van der Waals surface area contributed by atoms with E-state index >= 15 is 0 Å². The highest BCUT2D eigenvalue weighted by Crippen LogP contribution is 2.16. The number of carbonyl (C=O) groups is 1. The molecular formula is C13H14BrN5O. The number of carbonyl (C=O) groups excluding carboxylic acids is 1. The summed E-state index contributed by atoms with van der Waals surface area (Å²) in [5, 5.41) is 2.86. The lowest BCUT2D eigenvalue weighted by molar-refractivity contribution is 0.0934. The van der Waals surface area contributed by atoms with Gasteiger partial charge in [0.1, 0.15) is 5.69 Å². The number of benzene rings is 1. The largest absolute Gasteiger partial charge is 0.344 e. The number of hydrogen-bond donors (Lipinski definition) is 3. The van der Waals surface area contributed by atoms with Crippen LogP contribution in [0.2, 0.25) is 0 Å². The molecule has 6 nitrogen and oxygen atoms in total. The van der Waals surface area contributed by atoms with E-state index in [1.807, 2.05) is 31.2 Å². The van der Waals surface area contributed by atoms with E-state index in [-0.39, 0.29) is 17.6 Å². The summed E-state index contributed by atoms with van der Waals surface area (Å²) in [6.07, 6.45) is 2.78. The molecule has 1 unspecified atom stereocenters. The smallest absolute Gasteiger partial charge is 0.271 e. The van der Waals surface area contributed by atoms with E-state index in [1.54, 1.807) is 0 Å². The highest BCUT2D eigenvalue weighted by atomic mass is 79.9. The summed E-state index contributed by atoms with van der Waals surface area (Å²) >= 11 is 3.37. The topological polar surface area (TPSA) is 92.9 Å². The van der Waals surface area contributed by atoms with Crippen molar-refractivity contribution in [3.8, 4) is 0 Å². The number of nitrogen functional groups attached to an aromatic ring is 1. The summed E-state index contributed by atoms with van der Waals surface area (Å²) in [7, 11) is 0. The minimum absolute atomic E-state index is 0.121. The highest BCUT2D eigenvalue weighted by Gasteiger charge is 2.12. The number of amides is 1. The van der Waals surface area contributed by atoms with Gasteiger partial charge in [0.15, 0.2) is 5.82 Å². The Balaban J connectivity index is 2.04. The molecule has 0 radical (unpaired) electrons. The summed E-state index contributed by atoms with van der Waals surface area (Å²) < 4.78 is 0.996. The molecule has 0 saturated carbocycles. The SMILES string of the molecule is CC(NC(=O)c1cnc(NN)cn1)c1ccc(Br)cc1. The zero-order valence-electron chi connectivity index (χ0n) is 10.8. The molecule has 0 aliphatic heterocycles. The van der Waals surface area contributed by atoms with E-state index in [0.29, 0.717) is 5.82 Å². The van der Waals surface area contributed by atoms with Crippen LogP contribution in [0.1, 0.15) is 29.0 Å². The lowest BCUT2D eigenvalue weighted by Crippen LogP contribution is -2.27. The average Bonchev–Trinajstić information content (AvgIpc) is 2.48. The number of nitrogens with zero attached hydrogens (tertiary/aromatic N) is 2. The molecule has 2 aromatic rings. The number of nitrogens with one attached hydrogen (secondary N) is 2. The van der Waals surface area contributed by atoms with Crippen LogP contribution in [-0.4, -0.2) is 15.9 Å². The first-order chi connectivity index (χ1) is 9.60. The van der Waals surface area contributed by atoms with Crippen molar-refractivity contribution in [2.45, 2.75) is 13.0 Å². The molecule has 2 rings (SSSR count). The second-order valence-electron chi connectivity index (χ2n) is 4.18. The number of hydrogen-bond acceptors (Lipinski definition) is 5. The van der Waals surface area contributed by atoms with Gasteiger partial charge >= 0.3 is 0 Å². The van der Waals surface area contributed by atoms with Gasteiger partial charge in [-0.3, -0.25) is 4.79 Å². The Morgan fingerprint density at radius 2 is 1.95 bits per heavy atom. The van der Waals surface area contributed by atoms with Gasteiger partial charge in [0.25, 0.3) is 5.91 Å². The number of rotatable bonds is 4. The molecule has 20 heavy (non-hydrogen) atoms. The van der Waals surface area contributed by atoms with Gasteiger partial charge in [-0.25, -0.2) is 15.8 Å². The molecule has 1 atom stereocenters. The molecule has 0 aliphatic carbocycles. The van der Waals surface area contributed by atoms with E-state index in [9.17, 15) is 4.79 Å². The Labute approximate surface area is 124 Å². The number of nitrogens with two attached hydrogens (primary N) is 1. The Bertz CT molecular complexity index is 585. The van der Waals surface area contributed by atoms with Crippen molar-refractivity contribution in [3.05, 3.63) is 52.4 Å². The van der Waals surface area contributed by atoms with Crippen LogP contribution in [0.3, 0.4) is 0 Å². The van der Waals surface area contributed by atoms with Crippen LogP contribution in [0, 0.1) is 0 Å². The molecule has 1 aromatic carbocycles. The van der Waals surface area contributed by atoms with E-state index < -0.39 is 0 Å². The predicted octanol–water partition coefficient (Wildman–Crippen LogP) is 2.02. The average molecular weight is 336 g/mol. The zero-order valence-corrected chi connectivity index (χ0v) is 12.4. The quantitative estimate of drug-likeness (QED) is 0.587. The highest BCUT2D eigenvalue weighted by molar-refractivity contribution is 9.10. The van der Waals surface area contributed by atoms with E-state index in [1.165, 1.54) is 12.4 Å². The number of hydrazine groups is 1. The summed E-state index contributed by atoms with van der Waals surface area (Å²) in [6, 6.07) is 7.63. The maximum atomic E-state index is 12.0. The van der Waals surface area contributed by atoms with Crippen LogP contribution in [0.25, 0.3) is 0 Å². The zero-order chi connectivity index (χ0) is 14.5. The first-order valence-corrected chi connectivity index (χ1v) is 6.74. The Morgan fingerprint density at radius 3 is 2.50 bits per heavy atom. The number of aromatic nitrogens is 2. The standard InChI is InChI=1S/C13H14BrN5O/c1-8(9-2-4-10(14)5-3-9)18-13(20)11-6-17-12(19-15)7-16-11/h2-8H,15H2,1H3,(H,17,19)(H,18,20). The van der Waals surface area contributed by atoms with Crippen molar-refractivity contribution < 1.29 is 4.79 Å². The molecule has 1 aromatic heterocycles. The minimum Gasteiger partial charge on any atom is -0.344 e. The number of anilines is 1. The van der Waals surface area contributed by atoms with Crippen molar-refractivity contribution >= 4 is 27.7 Å². The van der Waals surface area contributed by atoms with Crippen molar-refractivity contribution in [2.75, 3.05) is 5.43 Å². The molecule has 0 fully saturated rings. The fourth-order valence-electron chi connectivity index (χ4n) is 1.63. The first kappa shape index (κ1) is 14.4. The van der Waals surface area contributed by atoms with Gasteiger partial charge in [-0.15, -0.1) is 0 Å². The maximum Gasteiger partial charge on any atom is 0.271 e. The molecule has 0 saturated heterocycles. The van der Waals surface area contributed by atoms with E-state index in [4.69, 9.17) is 5.84 Å². The molecule has 0 bridgehead atoms. The van der Waals surface area contributed by atoms with Gasteiger partial charge in [-0.2, -0.15) is 0 Å². The van der Waals surface area contributed by atoms with Crippen LogP contribution >= 0.6 is 15.9 Å². The van der Waals surface area contributed by atoms with Gasteiger partial charge in [0, 0.05) is 4.47 Å². The van der Waals surface area contributed by atoms with Crippen LogP contribution in [-0.2, 0) is 0 Å². The predicted molar refractivity (Wildman–Crippen MR) is 79.9 cm³/mol. The molecule has 1 heterocycles. The normalized spacial score (nSPS) is 11.8. The summed E-state index contributed by atoms with van der Waals surface area (Å²) in [5.41, 5.74) is 3.61. The van der Waals surface area contributed by atoms with Crippen molar-refractivity contribution in [2.24, 2.45) is 5.84 Å². The van der Waals surface area contributed by atoms with Crippen molar-refractivity contribution in [3.63, 3.8) is 0 Å². The van der Waals surface area contributed by atoms with Gasteiger partial charge in [-0.05, 0) is 24.6 Å². The van der Waals surface area contributed by atoms with Crippen molar-refractivity contribution in [1.82, 2.24) is 15.3 Å². The first-order valence-electron chi connectivity index (χ1n) is 5.95. The molecular weight excluding hydrogens is 322 g/mol. The fourth-order valence-corrected chi connectivity index (χ4v) is 1.89.